The number of hydrogen-bond donors (Lipinski definition) is 1. The van der Waals surface area contributed by atoms with E-state index in [1.54, 1.807) is 0 Å². The summed E-state index contributed by atoms with van der Waals surface area (Å²) in [6.45, 7) is 5.58. The summed E-state index contributed by atoms with van der Waals surface area (Å²) >= 11 is 0. The lowest BCUT2D eigenvalue weighted by molar-refractivity contribution is 0.368. The van der Waals surface area contributed by atoms with Crippen molar-refractivity contribution >= 4 is 0 Å². The molecule has 2 unspecified atom stereocenters. The Hall–Kier alpha value is -0.0400. The molecule has 1 fully saturated rings. The zero-order chi connectivity index (χ0) is 8.97. The van der Waals surface area contributed by atoms with Crippen LogP contribution in [0.1, 0.15) is 46.0 Å². The van der Waals surface area contributed by atoms with E-state index in [9.17, 15) is 0 Å². The fourth-order valence-electron chi connectivity index (χ4n) is 2.11. The maximum absolute atomic E-state index is 5.52. The van der Waals surface area contributed by atoms with Gasteiger partial charge in [-0.05, 0) is 43.6 Å². The van der Waals surface area contributed by atoms with E-state index in [2.05, 4.69) is 13.8 Å². The standard InChI is InChI=1S/C11H23N/c1-9(5-6-12)7-10(2)8-11-3-4-11/h9-11H,3-8,12H2,1-2H3. The van der Waals surface area contributed by atoms with Crippen LogP contribution in [0.4, 0.5) is 0 Å². The Bertz CT molecular complexity index is 118. The van der Waals surface area contributed by atoms with Gasteiger partial charge in [0.25, 0.3) is 0 Å². The molecular formula is C11H23N. The first-order valence-electron chi connectivity index (χ1n) is 5.42. The molecule has 12 heavy (non-hydrogen) atoms. The molecule has 0 aliphatic heterocycles. The topological polar surface area (TPSA) is 26.0 Å². The van der Waals surface area contributed by atoms with Crippen molar-refractivity contribution in [2.75, 3.05) is 6.54 Å². The predicted octanol–water partition coefficient (Wildman–Crippen LogP) is 2.80. The van der Waals surface area contributed by atoms with Gasteiger partial charge in [0.15, 0.2) is 0 Å². The Balaban J connectivity index is 2.02. The van der Waals surface area contributed by atoms with Gasteiger partial charge < -0.3 is 5.73 Å². The third kappa shape index (κ3) is 4.10. The van der Waals surface area contributed by atoms with Crippen LogP contribution in [0, 0.1) is 17.8 Å². The van der Waals surface area contributed by atoms with E-state index in [-0.39, 0.29) is 0 Å². The van der Waals surface area contributed by atoms with Gasteiger partial charge in [-0.3, -0.25) is 0 Å². The van der Waals surface area contributed by atoms with Crippen molar-refractivity contribution in [3.8, 4) is 0 Å². The highest BCUT2D eigenvalue weighted by molar-refractivity contribution is 4.76. The minimum Gasteiger partial charge on any atom is -0.330 e. The smallest absolute Gasteiger partial charge is 0.00747 e. The average Bonchev–Trinajstić information content (AvgIpc) is 2.71. The second-order valence-electron chi connectivity index (χ2n) is 4.70. The van der Waals surface area contributed by atoms with Crippen molar-refractivity contribution in [3.63, 3.8) is 0 Å². The predicted molar refractivity (Wildman–Crippen MR) is 54.0 cm³/mol. The van der Waals surface area contributed by atoms with Crippen LogP contribution in [-0.2, 0) is 0 Å². The molecule has 0 aromatic heterocycles. The molecule has 0 amide bonds. The summed E-state index contributed by atoms with van der Waals surface area (Å²) in [5.74, 6) is 2.85. The van der Waals surface area contributed by atoms with Gasteiger partial charge in [0.05, 0.1) is 0 Å². The van der Waals surface area contributed by atoms with Gasteiger partial charge >= 0.3 is 0 Å². The highest BCUT2D eigenvalue weighted by Gasteiger charge is 2.23. The number of hydrogen-bond acceptors (Lipinski definition) is 1. The molecule has 1 heteroatoms. The van der Waals surface area contributed by atoms with Crippen LogP contribution in [0.5, 0.6) is 0 Å². The summed E-state index contributed by atoms with van der Waals surface area (Å²) in [5, 5.41) is 0. The van der Waals surface area contributed by atoms with E-state index >= 15 is 0 Å². The Kier molecular flexibility index (Phi) is 4.07. The molecule has 0 heterocycles. The maximum Gasteiger partial charge on any atom is -0.00747 e. The van der Waals surface area contributed by atoms with Crippen LogP contribution in [-0.4, -0.2) is 6.54 Å². The second kappa shape index (κ2) is 4.86. The summed E-state index contributed by atoms with van der Waals surface area (Å²) in [6.07, 6.45) is 7.04. The Morgan fingerprint density at radius 1 is 1.25 bits per heavy atom. The third-order valence-corrected chi connectivity index (χ3v) is 2.90. The van der Waals surface area contributed by atoms with Crippen molar-refractivity contribution in [1.29, 1.82) is 0 Å². The fourth-order valence-corrected chi connectivity index (χ4v) is 2.11. The van der Waals surface area contributed by atoms with Gasteiger partial charge in [0.2, 0.25) is 0 Å². The summed E-state index contributed by atoms with van der Waals surface area (Å²) in [6, 6.07) is 0. The molecule has 1 aliphatic rings. The molecule has 2 N–H and O–H groups in total. The van der Waals surface area contributed by atoms with E-state index in [1.165, 1.54) is 32.1 Å². The van der Waals surface area contributed by atoms with E-state index in [4.69, 9.17) is 5.73 Å². The lowest BCUT2D eigenvalue weighted by Crippen LogP contribution is -2.09. The molecule has 0 aromatic carbocycles. The maximum atomic E-state index is 5.52. The van der Waals surface area contributed by atoms with Crippen LogP contribution in [0.15, 0.2) is 0 Å². The molecule has 72 valence electrons. The Morgan fingerprint density at radius 2 is 1.92 bits per heavy atom. The molecule has 1 nitrogen and oxygen atoms in total. The highest BCUT2D eigenvalue weighted by Crippen LogP contribution is 2.36. The van der Waals surface area contributed by atoms with Crippen molar-refractivity contribution in [2.24, 2.45) is 23.5 Å². The van der Waals surface area contributed by atoms with Gasteiger partial charge in [-0.25, -0.2) is 0 Å². The largest absolute Gasteiger partial charge is 0.330 e. The molecule has 0 aromatic rings. The first-order chi connectivity index (χ1) is 5.72. The molecule has 0 saturated heterocycles. The second-order valence-corrected chi connectivity index (χ2v) is 4.70. The normalized spacial score (nSPS) is 22.2. The van der Waals surface area contributed by atoms with Gasteiger partial charge in [-0.15, -0.1) is 0 Å². The Morgan fingerprint density at radius 3 is 2.42 bits per heavy atom. The summed E-state index contributed by atoms with van der Waals surface area (Å²) in [4.78, 5) is 0. The molecule has 1 rings (SSSR count). The van der Waals surface area contributed by atoms with Gasteiger partial charge in [0, 0.05) is 0 Å². The average molecular weight is 169 g/mol. The first-order valence-corrected chi connectivity index (χ1v) is 5.42. The molecule has 2 atom stereocenters. The monoisotopic (exact) mass is 169 g/mol. The van der Waals surface area contributed by atoms with Crippen LogP contribution >= 0.6 is 0 Å². The van der Waals surface area contributed by atoms with E-state index < -0.39 is 0 Å². The van der Waals surface area contributed by atoms with E-state index in [0.717, 1.165) is 24.3 Å². The van der Waals surface area contributed by atoms with Crippen LogP contribution in [0.25, 0.3) is 0 Å². The highest BCUT2D eigenvalue weighted by atomic mass is 14.5. The minimum absolute atomic E-state index is 0.837. The van der Waals surface area contributed by atoms with Gasteiger partial charge in [-0.2, -0.15) is 0 Å². The van der Waals surface area contributed by atoms with E-state index in [0.29, 0.717) is 0 Å². The zero-order valence-electron chi connectivity index (χ0n) is 8.55. The number of nitrogens with two attached hydrogens (primary N) is 1. The lowest BCUT2D eigenvalue weighted by atomic mass is 9.91. The van der Waals surface area contributed by atoms with Crippen molar-refractivity contribution < 1.29 is 0 Å². The molecule has 1 aliphatic carbocycles. The molecule has 0 radical (unpaired) electrons. The van der Waals surface area contributed by atoms with Crippen LogP contribution in [0.2, 0.25) is 0 Å². The van der Waals surface area contributed by atoms with Crippen LogP contribution < -0.4 is 5.73 Å². The quantitative estimate of drug-likeness (QED) is 0.650. The minimum atomic E-state index is 0.837. The molecular weight excluding hydrogens is 146 g/mol. The van der Waals surface area contributed by atoms with Crippen molar-refractivity contribution in [3.05, 3.63) is 0 Å². The van der Waals surface area contributed by atoms with Gasteiger partial charge in [-0.1, -0.05) is 26.7 Å². The summed E-state index contributed by atoms with van der Waals surface area (Å²) < 4.78 is 0. The fraction of sp³-hybridized carbons (Fsp3) is 1.00. The van der Waals surface area contributed by atoms with Gasteiger partial charge in [0.1, 0.15) is 0 Å². The summed E-state index contributed by atoms with van der Waals surface area (Å²) in [7, 11) is 0. The first kappa shape index (κ1) is 10.0. The summed E-state index contributed by atoms with van der Waals surface area (Å²) in [5.41, 5.74) is 5.52. The van der Waals surface area contributed by atoms with Crippen molar-refractivity contribution in [1.82, 2.24) is 0 Å². The lowest BCUT2D eigenvalue weighted by Gasteiger charge is -2.15. The third-order valence-electron chi connectivity index (χ3n) is 2.90. The molecule has 1 saturated carbocycles. The molecule has 0 bridgehead atoms. The SMILES string of the molecule is CC(CCN)CC(C)CC1CC1. The Labute approximate surface area is 76.7 Å². The van der Waals surface area contributed by atoms with Crippen molar-refractivity contribution in [2.45, 2.75) is 46.0 Å². The van der Waals surface area contributed by atoms with E-state index in [1.807, 2.05) is 0 Å². The van der Waals surface area contributed by atoms with Crippen LogP contribution in [0.3, 0.4) is 0 Å². The molecule has 0 spiro atoms. The number of rotatable bonds is 6. The zero-order valence-corrected chi connectivity index (χ0v) is 8.55.